The molecule has 0 amide bonds. The van der Waals surface area contributed by atoms with Crippen molar-refractivity contribution in [3.63, 3.8) is 0 Å². The Morgan fingerprint density at radius 1 is 1.43 bits per heavy atom. The molecule has 1 aromatic carbocycles. The first-order valence-corrected chi connectivity index (χ1v) is 5.62. The molecule has 0 saturated heterocycles. The van der Waals surface area contributed by atoms with Gasteiger partial charge in [0.2, 0.25) is 0 Å². The number of benzene rings is 1. The molecule has 0 radical (unpaired) electrons. The van der Waals surface area contributed by atoms with Crippen LogP contribution in [0.2, 0.25) is 10.0 Å². The molecule has 1 atom stereocenters. The maximum Gasteiger partial charge on any atom is 0.0720 e. The van der Waals surface area contributed by atoms with Crippen LogP contribution in [0.3, 0.4) is 0 Å². The van der Waals surface area contributed by atoms with Gasteiger partial charge in [-0.25, -0.2) is 0 Å². The second kappa shape index (κ2) is 5.21. The summed E-state index contributed by atoms with van der Waals surface area (Å²) in [5, 5.41) is 13.1. The molecule has 0 unspecified atom stereocenters. The zero-order valence-corrected chi connectivity index (χ0v) is 10.6. The van der Waals surface area contributed by atoms with Gasteiger partial charge in [0.25, 0.3) is 0 Å². The fraction of sp³-hybridized carbons (Fsp3) is 0.333. The number of halogens is 3. The third-order valence-electron chi connectivity index (χ3n) is 1.58. The molecule has 0 fully saturated rings. The third kappa shape index (κ3) is 3.31. The number of aliphatic hydroxyl groups excluding tert-OH is 1. The number of hydrogen-bond acceptors (Lipinski definition) is 2. The van der Waals surface area contributed by atoms with Gasteiger partial charge in [0.1, 0.15) is 0 Å². The molecule has 2 nitrogen and oxygen atoms in total. The van der Waals surface area contributed by atoms with E-state index in [1.165, 1.54) is 0 Å². The Hall–Kier alpha value is 0.0400. The van der Waals surface area contributed by atoms with Crippen LogP contribution in [0.4, 0.5) is 5.69 Å². The molecule has 0 heterocycles. The number of nitrogens with one attached hydrogen (secondary N) is 1. The Kier molecular flexibility index (Phi) is 4.51. The summed E-state index contributed by atoms with van der Waals surface area (Å²) in [6.07, 6.45) is -0.439. The summed E-state index contributed by atoms with van der Waals surface area (Å²) in [4.78, 5) is 0. The van der Waals surface area contributed by atoms with Crippen molar-refractivity contribution in [3.8, 4) is 0 Å². The van der Waals surface area contributed by atoms with Crippen LogP contribution in [-0.4, -0.2) is 17.8 Å². The average Bonchev–Trinajstić information content (AvgIpc) is 2.01. The van der Waals surface area contributed by atoms with Crippen molar-refractivity contribution in [3.05, 3.63) is 26.7 Å². The fourth-order valence-electron chi connectivity index (χ4n) is 0.961. The third-order valence-corrected chi connectivity index (χ3v) is 2.64. The van der Waals surface area contributed by atoms with Crippen LogP contribution in [-0.2, 0) is 0 Å². The fourth-order valence-corrected chi connectivity index (χ4v) is 2.30. The second-order valence-electron chi connectivity index (χ2n) is 2.97. The van der Waals surface area contributed by atoms with E-state index < -0.39 is 6.10 Å². The summed E-state index contributed by atoms with van der Waals surface area (Å²) < 4.78 is 0.829. The summed E-state index contributed by atoms with van der Waals surface area (Å²) in [7, 11) is 0. The summed E-state index contributed by atoms with van der Waals surface area (Å²) in [5.41, 5.74) is 0.650. The van der Waals surface area contributed by atoms with Gasteiger partial charge in [-0.1, -0.05) is 39.1 Å². The van der Waals surface area contributed by atoms with Crippen LogP contribution in [0.1, 0.15) is 6.92 Å². The molecule has 0 aliphatic carbocycles. The highest BCUT2D eigenvalue weighted by Gasteiger charge is 2.07. The smallest absolute Gasteiger partial charge is 0.0720 e. The van der Waals surface area contributed by atoms with E-state index in [2.05, 4.69) is 21.2 Å². The maximum absolute atomic E-state index is 9.09. The predicted molar refractivity (Wildman–Crippen MR) is 64.3 cm³/mol. The topological polar surface area (TPSA) is 32.3 Å². The van der Waals surface area contributed by atoms with E-state index in [0.717, 1.165) is 4.47 Å². The van der Waals surface area contributed by atoms with Gasteiger partial charge in [0, 0.05) is 11.0 Å². The highest BCUT2D eigenvalue weighted by molar-refractivity contribution is 9.10. The van der Waals surface area contributed by atoms with Gasteiger partial charge < -0.3 is 10.4 Å². The molecule has 1 rings (SSSR count). The molecule has 0 spiro atoms. The molecular weight excluding hydrogens is 289 g/mol. The Balaban J connectivity index is 2.86. The van der Waals surface area contributed by atoms with Crippen molar-refractivity contribution in [2.24, 2.45) is 0 Å². The molecule has 5 heteroatoms. The highest BCUT2D eigenvalue weighted by Crippen LogP contribution is 2.33. The monoisotopic (exact) mass is 297 g/mol. The minimum Gasteiger partial charge on any atom is -0.392 e. The largest absolute Gasteiger partial charge is 0.392 e. The van der Waals surface area contributed by atoms with Gasteiger partial charge in [-0.2, -0.15) is 0 Å². The standard InChI is InChI=1S/C9H10BrCl2NO/c1-5(14)4-13-9-7(11)2-6(10)3-8(9)12/h2-3,5,13-14H,4H2,1H3/t5-/m1/s1. The number of aliphatic hydroxyl groups is 1. The minimum atomic E-state index is -0.439. The molecule has 0 aromatic heterocycles. The first-order chi connectivity index (χ1) is 6.50. The molecule has 2 N–H and O–H groups in total. The normalized spacial score (nSPS) is 12.6. The molecular formula is C9H10BrCl2NO. The van der Waals surface area contributed by atoms with Crippen molar-refractivity contribution in [1.82, 2.24) is 0 Å². The quantitative estimate of drug-likeness (QED) is 0.894. The van der Waals surface area contributed by atoms with Gasteiger partial charge in [-0.05, 0) is 19.1 Å². The number of hydrogen-bond donors (Lipinski definition) is 2. The summed E-state index contributed by atoms with van der Waals surface area (Å²) in [6, 6.07) is 3.50. The SMILES string of the molecule is C[C@@H](O)CNc1c(Cl)cc(Br)cc1Cl. The van der Waals surface area contributed by atoms with Gasteiger partial charge in [0.05, 0.1) is 21.8 Å². The first-order valence-electron chi connectivity index (χ1n) is 4.07. The molecule has 0 aliphatic rings. The summed E-state index contributed by atoms with van der Waals surface area (Å²) in [5.74, 6) is 0. The lowest BCUT2D eigenvalue weighted by Gasteiger charge is -2.12. The molecule has 78 valence electrons. The van der Waals surface area contributed by atoms with E-state index in [-0.39, 0.29) is 0 Å². The van der Waals surface area contributed by atoms with Crippen LogP contribution < -0.4 is 5.32 Å². The van der Waals surface area contributed by atoms with Crippen molar-refractivity contribution in [2.45, 2.75) is 13.0 Å². The second-order valence-corrected chi connectivity index (χ2v) is 4.70. The summed E-state index contributed by atoms with van der Waals surface area (Å²) in [6.45, 7) is 2.11. The first kappa shape index (κ1) is 12.1. The molecule has 1 aromatic rings. The van der Waals surface area contributed by atoms with E-state index >= 15 is 0 Å². The van der Waals surface area contributed by atoms with Crippen molar-refractivity contribution in [1.29, 1.82) is 0 Å². The maximum atomic E-state index is 9.09. The lowest BCUT2D eigenvalue weighted by atomic mass is 10.3. The van der Waals surface area contributed by atoms with E-state index in [1.54, 1.807) is 19.1 Å². The Morgan fingerprint density at radius 2 is 1.93 bits per heavy atom. The highest BCUT2D eigenvalue weighted by atomic mass is 79.9. The van der Waals surface area contributed by atoms with Crippen LogP contribution in [0.15, 0.2) is 16.6 Å². The van der Waals surface area contributed by atoms with Gasteiger partial charge in [-0.15, -0.1) is 0 Å². The minimum absolute atomic E-state index is 0.418. The van der Waals surface area contributed by atoms with E-state index in [0.29, 0.717) is 22.3 Å². The Morgan fingerprint density at radius 3 is 2.36 bits per heavy atom. The van der Waals surface area contributed by atoms with Crippen LogP contribution in [0.5, 0.6) is 0 Å². The molecule has 14 heavy (non-hydrogen) atoms. The Bertz CT molecular complexity index is 308. The number of anilines is 1. The summed E-state index contributed by atoms with van der Waals surface area (Å²) >= 11 is 15.2. The van der Waals surface area contributed by atoms with E-state index in [1.807, 2.05) is 0 Å². The zero-order chi connectivity index (χ0) is 10.7. The molecule has 0 saturated carbocycles. The predicted octanol–water partition coefficient (Wildman–Crippen LogP) is 3.55. The number of rotatable bonds is 3. The van der Waals surface area contributed by atoms with E-state index in [9.17, 15) is 0 Å². The lowest BCUT2D eigenvalue weighted by molar-refractivity contribution is 0.208. The van der Waals surface area contributed by atoms with Gasteiger partial charge in [-0.3, -0.25) is 0 Å². The molecule has 0 aliphatic heterocycles. The van der Waals surface area contributed by atoms with Gasteiger partial charge >= 0.3 is 0 Å². The van der Waals surface area contributed by atoms with Crippen LogP contribution in [0, 0.1) is 0 Å². The van der Waals surface area contributed by atoms with Crippen molar-refractivity contribution in [2.75, 3.05) is 11.9 Å². The van der Waals surface area contributed by atoms with Gasteiger partial charge in [0.15, 0.2) is 0 Å². The zero-order valence-electron chi connectivity index (χ0n) is 7.52. The van der Waals surface area contributed by atoms with E-state index in [4.69, 9.17) is 28.3 Å². The Labute approximate surface area is 101 Å². The van der Waals surface area contributed by atoms with Crippen molar-refractivity contribution < 1.29 is 5.11 Å². The lowest BCUT2D eigenvalue weighted by Crippen LogP contribution is -2.15. The van der Waals surface area contributed by atoms with Crippen molar-refractivity contribution >= 4 is 44.8 Å². The average molecular weight is 299 g/mol. The molecule has 0 bridgehead atoms. The van der Waals surface area contributed by atoms with Crippen LogP contribution >= 0.6 is 39.1 Å². The van der Waals surface area contributed by atoms with Crippen LogP contribution in [0.25, 0.3) is 0 Å².